The quantitative estimate of drug-likeness (QED) is 0.583. The maximum atomic E-state index is 11.8. The van der Waals surface area contributed by atoms with E-state index >= 15 is 0 Å². The van der Waals surface area contributed by atoms with Crippen molar-refractivity contribution in [2.75, 3.05) is 0 Å². The third-order valence-electron chi connectivity index (χ3n) is 2.97. The predicted molar refractivity (Wildman–Crippen MR) is 69.9 cm³/mol. The number of carbonyl (C=O) groups excluding carboxylic acids is 1. The minimum atomic E-state index is -0.350. The molecule has 1 aliphatic carbocycles. The third kappa shape index (κ3) is 3.78. The van der Waals surface area contributed by atoms with Crippen LogP contribution >= 0.6 is 22.6 Å². The minimum absolute atomic E-state index is 0.00368. The van der Waals surface area contributed by atoms with E-state index in [1.54, 1.807) is 0 Å². The Balaban J connectivity index is 2.55. The van der Waals surface area contributed by atoms with Crippen LogP contribution in [0.1, 0.15) is 46.5 Å². The molecule has 86 valence electrons. The van der Waals surface area contributed by atoms with Crippen LogP contribution in [0.2, 0.25) is 0 Å². The first-order chi connectivity index (χ1) is 6.95. The molecule has 0 amide bonds. The molecule has 0 saturated carbocycles. The van der Waals surface area contributed by atoms with E-state index in [0.717, 1.165) is 25.7 Å². The fourth-order valence-corrected chi connectivity index (χ4v) is 2.16. The summed E-state index contributed by atoms with van der Waals surface area (Å²) >= 11 is 2.32. The van der Waals surface area contributed by atoms with Gasteiger partial charge in [-0.3, -0.25) is 4.79 Å². The van der Waals surface area contributed by atoms with Crippen LogP contribution < -0.4 is 0 Å². The van der Waals surface area contributed by atoms with Crippen molar-refractivity contribution >= 4 is 28.6 Å². The van der Waals surface area contributed by atoms with Crippen LogP contribution in [-0.4, -0.2) is 12.1 Å². The maximum absolute atomic E-state index is 11.8. The zero-order valence-corrected chi connectivity index (χ0v) is 11.8. The second-order valence-electron chi connectivity index (χ2n) is 4.69. The highest BCUT2D eigenvalue weighted by Gasteiger charge is 2.29. The van der Waals surface area contributed by atoms with Gasteiger partial charge in [0, 0.05) is 0 Å². The van der Waals surface area contributed by atoms with Gasteiger partial charge in [-0.2, -0.15) is 0 Å². The van der Waals surface area contributed by atoms with Crippen LogP contribution in [0.3, 0.4) is 0 Å². The van der Waals surface area contributed by atoms with Crippen LogP contribution in [-0.2, 0) is 9.53 Å². The smallest absolute Gasteiger partial charge is 0.312 e. The summed E-state index contributed by atoms with van der Waals surface area (Å²) < 4.78 is 6.81. The van der Waals surface area contributed by atoms with Gasteiger partial charge in [0.05, 0.1) is 5.41 Å². The van der Waals surface area contributed by atoms with Crippen molar-refractivity contribution in [2.45, 2.75) is 52.6 Å². The Hall–Kier alpha value is -0.0600. The number of hydrogen-bond donors (Lipinski definition) is 0. The molecule has 1 aliphatic rings. The summed E-state index contributed by atoms with van der Waals surface area (Å²) in [5.41, 5.74) is -0.350. The van der Waals surface area contributed by atoms with E-state index in [1.165, 1.54) is 3.58 Å². The second kappa shape index (κ2) is 5.32. The number of rotatable bonds is 3. The standard InChI is InChI=1S/C12H19IO2/c1-4-12(2,3)11(14)15-10-7-5-6-9(13)8-10/h8,10H,4-7H2,1-3H3. The topological polar surface area (TPSA) is 26.3 Å². The molecule has 0 aromatic carbocycles. The summed E-state index contributed by atoms with van der Waals surface area (Å²) in [6.07, 6.45) is 6.12. The van der Waals surface area contributed by atoms with Crippen LogP contribution in [0.5, 0.6) is 0 Å². The molecule has 0 aromatic rings. The number of hydrogen-bond acceptors (Lipinski definition) is 2. The lowest BCUT2D eigenvalue weighted by molar-refractivity contribution is -0.158. The lowest BCUT2D eigenvalue weighted by Gasteiger charge is -2.25. The molecule has 1 atom stereocenters. The predicted octanol–water partition coefficient (Wildman–Crippen LogP) is 3.84. The summed E-state index contributed by atoms with van der Waals surface area (Å²) in [5, 5.41) is 0. The van der Waals surface area contributed by atoms with Crippen molar-refractivity contribution in [3.8, 4) is 0 Å². The van der Waals surface area contributed by atoms with E-state index in [-0.39, 0.29) is 17.5 Å². The molecule has 1 unspecified atom stereocenters. The molecular weight excluding hydrogens is 303 g/mol. The van der Waals surface area contributed by atoms with Crippen LogP contribution in [0.25, 0.3) is 0 Å². The number of esters is 1. The molecular formula is C12H19IO2. The van der Waals surface area contributed by atoms with E-state index in [0.29, 0.717) is 0 Å². The van der Waals surface area contributed by atoms with E-state index in [2.05, 4.69) is 28.7 Å². The largest absolute Gasteiger partial charge is 0.458 e. The molecule has 0 saturated heterocycles. The lowest BCUT2D eigenvalue weighted by Crippen LogP contribution is -2.30. The fraction of sp³-hybridized carbons (Fsp3) is 0.750. The highest BCUT2D eigenvalue weighted by Crippen LogP contribution is 2.28. The van der Waals surface area contributed by atoms with Crippen molar-refractivity contribution in [3.63, 3.8) is 0 Å². The molecule has 0 aliphatic heterocycles. The van der Waals surface area contributed by atoms with E-state index in [9.17, 15) is 4.79 Å². The summed E-state index contributed by atoms with van der Waals surface area (Å²) in [7, 11) is 0. The number of carbonyl (C=O) groups is 1. The van der Waals surface area contributed by atoms with Gasteiger partial charge in [-0.05, 0) is 71.8 Å². The zero-order valence-electron chi connectivity index (χ0n) is 9.68. The van der Waals surface area contributed by atoms with Crippen LogP contribution in [0, 0.1) is 5.41 Å². The Morgan fingerprint density at radius 3 is 2.87 bits per heavy atom. The third-order valence-corrected chi connectivity index (χ3v) is 3.86. The van der Waals surface area contributed by atoms with Gasteiger partial charge in [-0.25, -0.2) is 0 Å². The van der Waals surface area contributed by atoms with Gasteiger partial charge in [-0.15, -0.1) is 0 Å². The molecule has 0 N–H and O–H groups in total. The van der Waals surface area contributed by atoms with E-state index in [1.807, 2.05) is 20.8 Å². The Bertz CT molecular complexity index is 269. The Morgan fingerprint density at radius 2 is 2.33 bits per heavy atom. The fourth-order valence-electron chi connectivity index (χ4n) is 1.37. The number of halogens is 1. The first-order valence-corrected chi connectivity index (χ1v) is 6.61. The van der Waals surface area contributed by atoms with Crippen molar-refractivity contribution < 1.29 is 9.53 Å². The molecule has 15 heavy (non-hydrogen) atoms. The Labute approximate surface area is 106 Å². The van der Waals surface area contributed by atoms with Gasteiger partial charge in [0.1, 0.15) is 6.10 Å². The molecule has 0 radical (unpaired) electrons. The average molecular weight is 322 g/mol. The van der Waals surface area contributed by atoms with Crippen molar-refractivity contribution in [1.82, 2.24) is 0 Å². The SMILES string of the molecule is CCC(C)(C)C(=O)OC1C=C(I)CCC1. The van der Waals surface area contributed by atoms with Crippen LogP contribution in [0.15, 0.2) is 9.66 Å². The highest BCUT2D eigenvalue weighted by atomic mass is 127. The summed E-state index contributed by atoms with van der Waals surface area (Å²) in [4.78, 5) is 11.8. The van der Waals surface area contributed by atoms with Gasteiger partial charge < -0.3 is 4.74 Å². The number of allylic oxidation sites excluding steroid dienone is 1. The second-order valence-corrected chi connectivity index (χ2v) is 6.07. The molecule has 1 rings (SSSR count). The molecule has 0 bridgehead atoms. The summed E-state index contributed by atoms with van der Waals surface area (Å²) in [6.45, 7) is 5.89. The molecule has 3 heteroatoms. The van der Waals surface area contributed by atoms with Gasteiger partial charge in [0.15, 0.2) is 0 Å². The molecule has 0 fully saturated rings. The molecule has 0 heterocycles. The summed E-state index contributed by atoms with van der Waals surface area (Å²) in [6, 6.07) is 0. The van der Waals surface area contributed by atoms with Crippen molar-refractivity contribution in [3.05, 3.63) is 9.66 Å². The zero-order chi connectivity index (χ0) is 11.5. The van der Waals surface area contributed by atoms with Gasteiger partial charge in [0.2, 0.25) is 0 Å². The molecule has 2 nitrogen and oxygen atoms in total. The minimum Gasteiger partial charge on any atom is -0.458 e. The first kappa shape index (κ1) is 13.0. The highest BCUT2D eigenvalue weighted by molar-refractivity contribution is 14.1. The average Bonchev–Trinajstić information content (AvgIpc) is 2.17. The van der Waals surface area contributed by atoms with Gasteiger partial charge in [0.25, 0.3) is 0 Å². The number of ether oxygens (including phenoxy) is 1. The van der Waals surface area contributed by atoms with Crippen LogP contribution in [0.4, 0.5) is 0 Å². The molecule has 0 aromatic heterocycles. The Morgan fingerprint density at radius 1 is 1.67 bits per heavy atom. The summed E-state index contributed by atoms with van der Waals surface area (Å²) in [5.74, 6) is -0.0719. The molecule has 0 spiro atoms. The van der Waals surface area contributed by atoms with Gasteiger partial charge in [-0.1, -0.05) is 6.92 Å². The lowest BCUT2D eigenvalue weighted by atomic mass is 9.90. The van der Waals surface area contributed by atoms with E-state index < -0.39 is 0 Å². The normalized spacial score (nSPS) is 22.1. The van der Waals surface area contributed by atoms with Gasteiger partial charge >= 0.3 is 5.97 Å². The van der Waals surface area contributed by atoms with Crippen molar-refractivity contribution in [2.24, 2.45) is 5.41 Å². The maximum Gasteiger partial charge on any atom is 0.312 e. The first-order valence-electron chi connectivity index (χ1n) is 5.53. The van der Waals surface area contributed by atoms with E-state index in [4.69, 9.17) is 4.74 Å². The van der Waals surface area contributed by atoms with Crippen molar-refractivity contribution in [1.29, 1.82) is 0 Å². The monoisotopic (exact) mass is 322 g/mol. The Kier molecular flexibility index (Phi) is 4.62.